The van der Waals surface area contributed by atoms with Gasteiger partial charge in [-0.1, -0.05) is 18.2 Å². The summed E-state index contributed by atoms with van der Waals surface area (Å²) in [6.07, 6.45) is 1.39. The number of hydrogen-bond acceptors (Lipinski definition) is 6. The van der Waals surface area contributed by atoms with E-state index in [0.29, 0.717) is 21.9 Å². The molecule has 2 aromatic carbocycles. The quantitative estimate of drug-likeness (QED) is 0.338. The van der Waals surface area contributed by atoms with Gasteiger partial charge in [0.15, 0.2) is 0 Å². The first-order valence-corrected chi connectivity index (χ1v) is 9.60. The number of nitro groups is 1. The van der Waals surface area contributed by atoms with Crippen molar-refractivity contribution in [3.8, 4) is 5.75 Å². The lowest BCUT2D eigenvalue weighted by Crippen LogP contribution is -2.30. The minimum atomic E-state index is -0.573. The maximum absolute atomic E-state index is 12.8. The van der Waals surface area contributed by atoms with Gasteiger partial charge in [-0.25, -0.2) is 0 Å². The Morgan fingerprint density at radius 2 is 1.87 bits per heavy atom. The van der Waals surface area contributed by atoms with E-state index in [4.69, 9.17) is 4.74 Å². The first-order valence-electron chi connectivity index (χ1n) is 8.72. The number of carbonyl (C=O) groups is 2. The van der Waals surface area contributed by atoms with Gasteiger partial charge >= 0.3 is 0 Å². The molecule has 30 heavy (non-hydrogen) atoms. The molecule has 8 nitrogen and oxygen atoms in total. The molecule has 0 unspecified atom stereocenters. The summed E-state index contributed by atoms with van der Waals surface area (Å²) < 4.78 is 5.09. The minimum absolute atomic E-state index is 0.0512. The van der Waals surface area contributed by atoms with Gasteiger partial charge in [0.05, 0.1) is 16.9 Å². The molecule has 2 N–H and O–H groups in total. The lowest BCUT2D eigenvalue weighted by molar-refractivity contribution is -0.384. The van der Waals surface area contributed by atoms with Crippen LogP contribution in [0.5, 0.6) is 5.75 Å². The Labute approximate surface area is 176 Å². The molecule has 1 heterocycles. The predicted octanol–water partition coefficient (Wildman–Crippen LogP) is 4.07. The highest BCUT2D eigenvalue weighted by Crippen LogP contribution is 2.18. The van der Waals surface area contributed by atoms with Crippen molar-refractivity contribution in [2.75, 3.05) is 12.4 Å². The second-order valence-corrected chi connectivity index (χ2v) is 6.97. The number of non-ortho nitro benzene ring substituents is 1. The number of thiophene rings is 1. The van der Waals surface area contributed by atoms with E-state index in [1.54, 1.807) is 47.8 Å². The fraction of sp³-hybridized carbons (Fsp3) is 0.0476. The molecule has 2 amide bonds. The predicted molar refractivity (Wildman–Crippen MR) is 114 cm³/mol. The maximum Gasteiger partial charge on any atom is 0.272 e. The Morgan fingerprint density at radius 3 is 2.50 bits per heavy atom. The number of rotatable bonds is 7. The molecule has 0 aliphatic carbocycles. The van der Waals surface area contributed by atoms with Gasteiger partial charge in [-0.3, -0.25) is 19.7 Å². The second-order valence-electron chi connectivity index (χ2n) is 6.02. The van der Waals surface area contributed by atoms with E-state index in [1.807, 2.05) is 0 Å². The lowest BCUT2D eigenvalue weighted by atomic mass is 10.1. The number of benzene rings is 2. The van der Waals surface area contributed by atoms with Crippen LogP contribution in [-0.4, -0.2) is 23.8 Å². The number of carbonyl (C=O) groups excluding carboxylic acids is 2. The molecular formula is C21H17N3O5S. The van der Waals surface area contributed by atoms with Gasteiger partial charge in [-0.2, -0.15) is 0 Å². The van der Waals surface area contributed by atoms with Gasteiger partial charge < -0.3 is 15.4 Å². The van der Waals surface area contributed by atoms with Crippen LogP contribution < -0.4 is 15.4 Å². The highest BCUT2D eigenvalue weighted by atomic mass is 32.1. The van der Waals surface area contributed by atoms with Crippen LogP contribution in [0, 0.1) is 10.1 Å². The lowest BCUT2D eigenvalue weighted by Gasteiger charge is -2.11. The molecule has 0 saturated heterocycles. The molecule has 0 bridgehead atoms. The number of nitrogens with zero attached hydrogens (tertiary/aromatic N) is 1. The summed E-state index contributed by atoms with van der Waals surface area (Å²) in [6, 6.07) is 15.8. The van der Waals surface area contributed by atoms with Crippen molar-refractivity contribution in [2.45, 2.75) is 0 Å². The Bertz CT molecular complexity index is 1090. The molecule has 0 aliphatic rings. The second kappa shape index (κ2) is 9.48. The van der Waals surface area contributed by atoms with Crippen molar-refractivity contribution in [1.29, 1.82) is 0 Å². The zero-order chi connectivity index (χ0) is 21.5. The molecule has 0 aliphatic heterocycles. The summed E-state index contributed by atoms with van der Waals surface area (Å²) in [4.78, 5) is 36.2. The normalized spacial score (nSPS) is 10.9. The van der Waals surface area contributed by atoms with E-state index in [9.17, 15) is 19.7 Å². The molecule has 0 radical (unpaired) electrons. The topological polar surface area (TPSA) is 111 Å². The third-order valence-electron chi connectivity index (χ3n) is 3.98. The number of methoxy groups -OCH3 is 1. The van der Waals surface area contributed by atoms with Gasteiger partial charge in [0.25, 0.3) is 17.5 Å². The average Bonchev–Trinajstić information content (AvgIpc) is 3.29. The Kier molecular flexibility index (Phi) is 6.56. The highest BCUT2D eigenvalue weighted by Gasteiger charge is 2.16. The summed E-state index contributed by atoms with van der Waals surface area (Å²) in [5.41, 5.74) is 0.722. The highest BCUT2D eigenvalue weighted by molar-refractivity contribution is 7.12. The van der Waals surface area contributed by atoms with Crippen molar-refractivity contribution in [2.24, 2.45) is 0 Å². The zero-order valence-electron chi connectivity index (χ0n) is 15.8. The first kappa shape index (κ1) is 20.7. The third kappa shape index (κ3) is 5.30. The van der Waals surface area contributed by atoms with Gasteiger partial charge in [0.2, 0.25) is 0 Å². The van der Waals surface area contributed by atoms with Crippen molar-refractivity contribution >= 4 is 40.6 Å². The molecule has 1 aromatic heterocycles. The maximum atomic E-state index is 12.8. The van der Waals surface area contributed by atoms with Crippen LogP contribution in [0.3, 0.4) is 0 Å². The van der Waals surface area contributed by atoms with E-state index in [-0.39, 0.29) is 11.4 Å². The summed E-state index contributed by atoms with van der Waals surface area (Å²) in [5.74, 6) is -0.394. The smallest absolute Gasteiger partial charge is 0.272 e. The Morgan fingerprint density at radius 1 is 1.10 bits per heavy atom. The van der Waals surface area contributed by atoms with E-state index in [0.717, 1.165) is 0 Å². The number of amides is 2. The van der Waals surface area contributed by atoms with Crippen molar-refractivity contribution in [3.05, 3.63) is 92.3 Å². The van der Waals surface area contributed by atoms with Crippen molar-refractivity contribution < 1.29 is 19.2 Å². The minimum Gasteiger partial charge on any atom is -0.497 e. The van der Waals surface area contributed by atoms with E-state index in [1.165, 1.54) is 42.7 Å². The van der Waals surface area contributed by atoms with E-state index in [2.05, 4.69) is 10.6 Å². The molecule has 9 heteroatoms. The van der Waals surface area contributed by atoms with Gasteiger partial charge in [-0.05, 0) is 47.4 Å². The van der Waals surface area contributed by atoms with Gasteiger partial charge in [-0.15, -0.1) is 11.3 Å². The van der Waals surface area contributed by atoms with E-state index < -0.39 is 16.7 Å². The van der Waals surface area contributed by atoms with Crippen LogP contribution in [0.25, 0.3) is 6.08 Å². The molecule has 152 valence electrons. The zero-order valence-corrected chi connectivity index (χ0v) is 16.6. The number of nitrogens with one attached hydrogen (secondary N) is 2. The first-order chi connectivity index (χ1) is 14.5. The van der Waals surface area contributed by atoms with Crippen LogP contribution in [0.2, 0.25) is 0 Å². The van der Waals surface area contributed by atoms with Crippen LogP contribution >= 0.6 is 11.3 Å². The molecule has 0 fully saturated rings. The number of nitro benzene ring substituents is 1. The molecule has 3 rings (SSSR count). The van der Waals surface area contributed by atoms with Crippen molar-refractivity contribution in [3.63, 3.8) is 0 Å². The fourth-order valence-electron chi connectivity index (χ4n) is 2.52. The van der Waals surface area contributed by atoms with Gasteiger partial charge in [0.1, 0.15) is 11.4 Å². The van der Waals surface area contributed by atoms with Crippen LogP contribution in [0.15, 0.2) is 71.7 Å². The standard InChI is InChI=1S/C21H17N3O5S/c1-29-17-9-7-15(8-10-17)22-20(25)18(23-21(26)19-6-3-11-30-19)13-14-4-2-5-16(12-14)24(27)28/h2-13H,1H3,(H,22,25)(H,23,26)/b18-13-. The average molecular weight is 423 g/mol. The summed E-state index contributed by atoms with van der Waals surface area (Å²) in [7, 11) is 1.54. The molecular weight excluding hydrogens is 406 g/mol. The third-order valence-corrected chi connectivity index (χ3v) is 4.85. The number of ether oxygens (including phenoxy) is 1. The van der Waals surface area contributed by atoms with Gasteiger partial charge in [0, 0.05) is 17.8 Å². The summed E-state index contributed by atoms with van der Waals surface area (Å²) >= 11 is 1.23. The molecule has 0 saturated carbocycles. The Balaban J connectivity index is 1.89. The van der Waals surface area contributed by atoms with Crippen LogP contribution in [-0.2, 0) is 4.79 Å². The number of hydrogen-bond donors (Lipinski definition) is 2. The van der Waals surface area contributed by atoms with Crippen molar-refractivity contribution in [1.82, 2.24) is 5.32 Å². The van der Waals surface area contributed by atoms with Crippen LogP contribution in [0.4, 0.5) is 11.4 Å². The molecule has 0 spiro atoms. The summed E-state index contributed by atoms with van der Waals surface area (Å²) in [6.45, 7) is 0. The Hall–Kier alpha value is -3.98. The number of anilines is 1. The molecule has 3 aromatic rings. The molecule has 0 atom stereocenters. The fourth-order valence-corrected chi connectivity index (χ4v) is 3.14. The monoisotopic (exact) mass is 423 g/mol. The largest absolute Gasteiger partial charge is 0.497 e. The summed E-state index contributed by atoms with van der Waals surface area (Å²) in [5, 5.41) is 18.1. The SMILES string of the molecule is COc1ccc(NC(=O)/C(=C/c2cccc([N+](=O)[O-])c2)NC(=O)c2cccs2)cc1. The van der Waals surface area contributed by atoms with Crippen LogP contribution in [0.1, 0.15) is 15.2 Å². The van der Waals surface area contributed by atoms with E-state index >= 15 is 0 Å².